The minimum absolute atomic E-state index is 0.0654. The van der Waals surface area contributed by atoms with Gasteiger partial charge in [0.1, 0.15) is 0 Å². The van der Waals surface area contributed by atoms with Crippen LogP contribution in [0.3, 0.4) is 0 Å². The first-order chi connectivity index (χ1) is 11.7. The largest absolute Gasteiger partial charge is 0.335 e. The van der Waals surface area contributed by atoms with Gasteiger partial charge >= 0.3 is 6.03 Å². The molecule has 1 heterocycles. The SMILES string of the molecule is C=CC=C(C(C)=CC)N(C(=O)NC1CCCCC1)C1=NCCCS1. The van der Waals surface area contributed by atoms with Crippen LogP contribution in [-0.4, -0.2) is 34.4 Å². The number of aliphatic imine (C=N–C) groups is 1. The number of allylic oxidation sites excluding steroid dienone is 4. The number of carbonyl (C=O) groups excluding carboxylic acids is 1. The predicted molar refractivity (Wildman–Crippen MR) is 104 cm³/mol. The van der Waals surface area contributed by atoms with Gasteiger partial charge in [0.25, 0.3) is 0 Å². The fraction of sp³-hybridized carbons (Fsp3) is 0.579. The molecule has 0 aromatic carbocycles. The second kappa shape index (κ2) is 9.72. The van der Waals surface area contributed by atoms with Gasteiger partial charge in [-0.3, -0.25) is 4.99 Å². The van der Waals surface area contributed by atoms with Crippen molar-refractivity contribution in [2.45, 2.75) is 58.4 Å². The summed E-state index contributed by atoms with van der Waals surface area (Å²) in [6, 6.07) is 0.211. The summed E-state index contributed by atoms with van der Waals surface area (Å²) in [4.78, 5) is 19.4. The van der Waals surface area contributed by atoms with Crippen molar-refractivity contribution in [3.8, 4) is 0 Å². The van der Waals surface area contributed by atoms with Gasteiger partial charge in [-0.1, -0.05) is 49.8 Å². The summed E-state index contributed by atoms with van der Waals surface area (Å²) >= 11 is 1.66. The minimum Gasteiger partial charge on any atom is -0.335 e. The van der Waals surface area contributed by atoms with E-state index in [1.54, 1.807) is 22.7 Å². The van der Waals surface area contributed by atoms with Gasteiger partial charge in [0.05, 0.1) is 5.70 Å². The average molecular weight is 348 g/mol. The average Bonchev–Trinajstić information content (AvgIpc) is 2.62. The standard InChI is InChI=1S/C19H29N3OS/c1-4-10-17(15(3)5-2)22(19-20-13-9-14-24-19)18(23)21-16-11-7-6-8-12-16/h4-5,10,16H,1,6-9,11-14H2,2-3H3,(H,21,23). The lowest BCUT2D eigenvalue weighted by Crippen LogP contribution is -2.47. The van der Waals surface area contributed by atoms with Crippen LogP contribution in [-0.2, 0) is 0 Å². The van der Waals surface area contributed by atoms with E-state index in [4.69, 9.17) is 0 Å². The summed E-state index contributed by atoms with van der Waals surface area (Å²) in [6.07, 6.45) is 12.5. The Hall–Kier alpha value is -1.49. The molecule has 1 N–H and O–H groups in total. The number of hydrogen-bond donors (Lipinski definition) is 1. The summed E-state index contributed by atoms with van der Waals surface area (Å²) in [7, 11) is 0. The van der Waals surface area contributed by atoms with Crippen LogP contribution >= 0.6 is 11.8 Å². The van der Waals surface area contributed by atoms with Crippen molar-refractivity contribution in [3.05, 3.63) is 36.1 Å². The molecule has 0 unspecified atom stereocenters. The molecular formula is C19H29N3OS. The molecule has 2 rings (SSSR count). The fourth-order valence-electron chi connectivity index (χ4n) is 3.01. The third-order valence-corrected chi connectivity index (χ3v) is 5.52. The number of amidine groups is 1. The Morgan fingerprint density at radius 1 is 1.33 bits per heavy atom. The van der Waals surface area contributed by atoms with E-state index < -0.39 is 0 Å². The summed E-state index contributed by atoms with van der Waals surface area (Å²) < 4.78 is 0. The van der Waals surface area contributed by atoms with Gasteiger partial charge in [-0.25, -0.2) is 9.69 Å². The van der Waals surface area contributed by atoms with Crippen LogP contribution < -0.4 is 5.32 Å². The van der Waals surface area contributed by atoms with Crippen LogP contribution in [0.4, 0.5) is 4.79 Å². The van der Waals surface area contributed by atoms with Gasteiger partial charge in [-0.2, -0.15) is 0 Å². The maximum absolute atomic E-state index is 13.1. The van der Waals surface area contributed by atoms with E-state index in [9.17, 15) is 4.79 Å². The van der Waals surface area contributed by atoms with E-state index in [0.29, 0.717) is 0 Å². The molecular weight excluding hydrogens is 318 g/mol. The highest BCUT2D eigenvalue weighted by Gasteiger charge is 2.28. The van der Waals surface area contributed by atoms with Crippen LogP contribution in [0.5, 0.6) is 0 Å². The Bertz CT molecular complexity index is 545. The Balaban J connectivity index is 2.27. The van der Waals surface area contributed by atoms with Crippen molar-refractivity contribution in [2.75, 3.05) is 12.3 Å². The molecule has 1 aliphatic heterocycles. The van der Waals surface area contributed by atoms with Crippen molar-refractivity contribution >= 4 is 23.0 Å². The highest BCUT2D eigenvalue weighted by molar-refractivity contribution is 8.13. The number of thioether (sulfide) groups is 1. The van der Waals surface area contributed by atoms with Gasteiger partial charge in [0.2, 0.25) is 0 Å². The second-order valence-electron chi connectivity index (χ2n) is 6.25. The molecule has 0 radical (unpaired) electrons. The lowest BCUT2D eigenvalue weighted by molar-refractivity contribution is 0.220. The minimum atomic E-state index is -0.0654. The summed E-state index contributed by atoms with van der Waals surface area (Å²) in [5, 5.41) is 4.02. The molecule has 0 aromatic heterocycles. The maximum Gasteiger partial charge on any atom is 0.328 e. The van der Waals surface area contributed by atoms with E-state index in [2.05, 4.69) is 16.9 Å². The van der Waals surface area contributed by atoms with Crippen molar-refractivity contribution in [1.29, 1.82) is 0 Å². The maximum atomic E-state index is 13.1. The molecule has 0 aromatic rings. The highest BCUT2D eigenvalue weighted by atomic mass is 32.2. The summed E-state index contributed by atoms with van der Waals surface area (Å²) in [6.45, 7) is 8.60. The molecule has 5 heteroatoms. The lowest BCUT2D eigenvalue weighted by atomic mass is 9.96. The van der Waals surface area contributed by atoms with Crippen molar-refractivity contribution < 1.29 is 4.79 Å². The van der Waals surface area contributed by atoms with E-state index in [-0.39, 0.29) is 12.1 Å². The van der Waals surface area contributed by atoms with Gasteiger partial charge in [-0.15, -0.1) is 0 Å². The van der Waals surface area contributed by atoms with Crippen LogP contribution in [0.2, 0.25) is 0 Å². The summed E-state index contributed by atoms with van der Waals surface area (Å²) in [5.41, 5.74) is 1.90. The lowest BCUT2D eigenvalue weighted by Gasteiger charge is -2.31. The first-order valence-electron chi connectivity index (χ1n) is 8.91. The molecule has 1 fully saturated rings. The van der Waals surface area contributed by atoms with Crippen molar-refractivity contribution in [3.63, 3.8) is 0 Å². The molecule has 2 amide bonds. The number of hydrogen-bond acceptors (Lipinski definition) is 3. The zero-order chi connectivity index (χ0) is 17.4. The molecule has 24 heavy (non-hydrogen) atoms. The third-order valence-electron chi connectivity index (χ3n) is 4.46. The van der Waals surface area contributed by atoms with E-state index in [1.165, 1.54) is 19.3 Å². The van der Waals surface area contributed by atoms with E-state index in [1.807, 2.05) is 26.0 Å². The summed E-state index contributed by atoms with van der Waals surface area (Å²) in [5.74, 6) is 1.00. The number of nitrogens with one attached hydrogen (secondary N) is 1. The Kier molecular flexibility index (Phi) is 7.63. The zero-order valence-electron chi connectivity index (χ0n) is 14.9. The Morgan fingerprint density at radius 2 is 2.08 bits per heavy atom. The van der Waals surface area contributed by atoms with Gasteiger partial charge < -0.3 is 5.32 Å². The molecule has 132 valence electrons. The van der Waals surface area contributed by atoms with Gasteiger partial charge in [0.15, 0.2) is 5.17 Å². The van der Waals surface area contributed by atoms with Gasteiger partial charge in [-0.05, 0) is 44.8 Å². The number of urea groups is 1. The Labute approximate surface area is 150 Å². The van der Waals surface area contributed by atoms with Crippen molar-refractivity contribution in [2.24, 2.45) is 4.99 Å². The molecule has 1 aliphatic carbocycles. The molecule has 0 atom stereocenters. The van der Waals surface area contributed by atoms with E-state index in [0.717, 1.165) is 48.0 Å². The monoisotopic (exact) mass is 347 g/mol. The molecule has 0 spiro atoms. The predicted octanol–water partition coefficient (Wildman–Crippen LogP) is 4.86. The number of carbonyl (C=O) groups is 1. The molecule has 0 saturated heterocycles. The highest BCUT2D eigenvalue weighted by Crippen LogP contribution is 2.25. The molecule has 1 saturated carbocycles. The third kappa shape index (κ3) is 5.00. The van der Waals surface area contributed by atoms with Gasteiger partial charge in [0, 0.05) is 18.3 Å². The van der Waals surface area contributed by atoms with E-state index >= 15 is 0 Å². The fourth-order valence-corrected chi connectivity index (χ4v) is 3.96. The topological polar surface area (TPSA) is 44.7 Å². The quantitative estimate of drug-likeness (QED) is 0.738. The molecule has 4 nitrogen and oxygen atoms in total. The number of amides is 2. The van der Waals surface area contributed by atoms with Crippen LogP contribution in [0, 0.1) is 0 Å². The number of nitrogens with zero attached hydrogens (tertiary/aromatic N) is 2. The Morgan fingerprint density at radius 3 is 2.67 bits per heavy atom. The molecule has 0 bridgehead atoms. The first kappa shape index (κ1) is 18.8. The van der Waals surface area contributed by atoms with Crippen LogP contribution in [0.15, 0.2) is 41.1 Å². The van der Waals surface area contributed by atoms with Crippen LogP contribution in [0.25, 0.3) is 0 Å². The number of rotatable bonds is 4. The molecule has 2 aliphatic rings. The smallest absolute Gasteiger partial charge is 0.328 e. The first-order valence-corrected chi connectivity index (χ1v) is 9.89. The van der Waals surface area contributed by atoms with Crippen molar-refractivity contribution in [1.82, 2.24) is 10.2 Å². The normalized spacial score (nSPS) is 20.3. The zero-order valence-corrected chi connectivity index (χ0v) is 15.7. The van der Waals surface area contributed by atoms with Crippen LogP contribution in [0.1, 0.15) is 52.4 Å². The second-order valence-corrected chi connectivity index (χ2v) is 7.31.